The summed E-state index contributed by atoms with van der Waals surface area (Å²) in [6.45, 7) is 0. The molecular weight excluding hydrogens is 567 g/mol. The molecule has 9 rings (SSSR count). The largest absolute Gasteiger partial charge is 0.455 e. The summed E-state index contributed by atoms with van der Waals surface area (Å²) >= 11 is 1.81. The van der Waals surface area contributed by atoms with Gasteiger partial charge in [0.05, 0.1) is 10.4 Å². The third-order valence-electron chi connectivity index (χ3n) is 8.68. The van der Waals surface area contributed by atoms with Crippen molar-refractivity contribution < 1.29 is 4.42 Å². The summed E-state index contributed by atoms with van der Waals surface area (Å²) in [5.74, 6) is 0. The highest BCUT2D eigenvalue weighted by atomic mass is 32.1. The second-order valence-electron chi connectivity index (χ2n) is 11.3. The van der Waals surface area contributed by atoms with Crippen molar-refractivity contribution in [2.24, 2.45) is 0 Å². The molecule has 0 saturated carbocycles. The molecule has 0 spiro atoms. The molecule has 0 saturated heterocycles. The molecule has 0 aliphatic carbocycles. The van der Waals surface area contributed by atoms with E-state index in [1.165, 1.54) is 42.4 Å². The summed E-state index contributed by atoms with van der Waals surface area (Å²) in [5.41, 5.74) is 10.1. The van der Waals surface area contributed by atoms with Crippen molar-refractivity contribution in [3.63, 3.8) is 0 Å². The molecule has 9 aromatic rings. The highest BCUT2D eigenvalue weighted by Crippen LogP contribution is 2.49. The number of anilines is 3. The Morgan fingerprint density at radius 1 is 0.444 bits per heavy atom. The van der Waals surface area contributed by atoms with Crippen molar-refractivity contribution in [3.8, 4) is 22.3 Å². The van der Waals surface area contributed by atoms with Crippen LogP contribution in [0.15, 0.2) is 168 Å². The molecule has 0 amide bonds. The Hall–Kier alpha value is -5.64. The second kappa shape index (κ2) is 10.5. The summed E-state index contributed by atoms with van der Waals surface area (Å²) in [7, 11) is 0. The highest BCUT2D eigenvalue weighted by Gasteiger charge is 2.23. The van der Waals surface area contributed by atoms with Crippen molar-refractivity contribution in [1.82, 2.24) is 0 Å². The van der Waals surface area contributed by atoms with Crippen molar-refractivity contribution in [3.05, 3.63) is 164 Å². The van der Waals surface area contributed by atoms with Crippen LogP contribution in [-0.4, -0.2) is 0 Å². The Morgan fingerprint density at radius 3 is 1.69 bits per heavy atom. The molecule has 0 fully saturated rings. The topological polar surface area (TPSA) is 16.4 Å². The van der Waals surface area contributed by atoms with Gasteiger partial charge in [-0.2, -0.15) is 0 Å². The highest BCUT2D eigenvalue weighted by molar-refractivity contribution is 7.26. The summed E-state index contributed by atoms with van der Waals surface area (Å²) in [6, 6.07) is 58.4. The second-order valence-corrected chi connectivity index (χ2v) is 12.4. The molecule has 212 valence electrons. The van der Waals surface area contributed by atoms with Gasteiger partial charge in [0.1, 0.15) is 5.58 Å². The maximum absolute atomic E-state index is 6.53. The van der Waals surface area contributed by atoms with Crippen LogP contribution in [0.1, 0.15) is 0 Å². The van der Waals surface area contributed by atoms with Crippen LogP contribution in [-0.2, 0) is 0 Å². The van der Waals surface area contributed by atoms with Gasteiger partial charge in [-0.15, -0.1) is 11.3 Å². The summed E-state index contributed by atoms with van der Waals surface area (Å²) < 4.78 is 8.97. The van der Waals surface area contributed by atoms with Crippen LogP contribution in [0, 0.1) is 0 Å². The molecule has 3 heteroatoms. The van der Waals surface area contributed by atoms with E-state index in [0.29, 0.717) is 0 Å². The predicted molar refractivity (Wildman–Crippen MR) is 192 cm³/mol. The molecule has 0 bridgehead atoms. The number of hydrogen-bond donors (Lipinski definition) is 0. The zero-order valence-corrected chi connectivity index (χ0v) is 25.2. The van der Waals surface area contributed by atoms with E-state index < -0.39 is 0 Å². The number of nitrogens with zero attached hydrogens (tertiary/aromatic N) is 1. The molecule has 7 aromatic carbocycles. The van der Waals surface area contributed by atoms with E-state index in [1.807, 2.05) is 17.4 Å². The van der Waals surface area contributed by atoms with Crippen molar-refractivity contribution in [2.75, 3.05) is 4.90 Å². The molecule has 2 aromatic heterocycles. The van der Waals surface area contributed by atoms with Gasteiger partial charge in [0.25, 0.3) is 0 Å². The molecule has 0 radical (unpaired) electrons. The number of benzene rings is 7. The fourth-order valence-corrected chi connectivity index (χ4v) is 7.72. The van der Waals surface area contributed by atoms with Crippen LogP contribution in [0.3, 0.4) is 0 Å². The first-order valence-electron chi connectivity index (χ1n) is 15.2. The van der Waals surface area contributed by atoms with Crippen molar-refractivity contribution >= 4 is 70.5 Å². The number of para-hydroxylation sites is 2. The minimum atomic E-state index is 0.914. The first kappa shape index (κ1) is 25.8. The zero-order chi connectivity index (χ0) is 29.7. The van der Waals surface area contributed by atoms with Gasteiger partial charge in [-0.25, -0.2) is 0 Å². The van der Waals surface area contributed by atoms with Crippen LogP contribution in [0.5, 0.6) is 0 Å². The minimum Gasteiger partial charge on any atom is -0.455 e. The van der Waals surface area contributed by atoms with E-state index in [0.717, 1.165) is 39.0 Å². The van der Waals surface area contributed by atoms with E-state index >= 15 is 0 Å². The molecule has 0 N–H and O–H groups in total. The Bertz CT molecular complexity index is 2460. The monoisotopic (exact) mass is 593 g/mol. The standard InChI is InChI=1S/C42H27NOS/c1-3-11-28(12-4-1)29-19-21-30(22-20-29)31-23-25-33(26-24-31)43(32-13-5-2-6-14-32)37-27-36-34-15-7-9-17-38(34)44-41(36)42-40(37)35-16-8-10-18-39(35)45-42/h1-27H. The molecule has 45 heavy (non-hydrogen) atoms. The molecule has 0 aliphatic heterocycles. The zero-order valence-electron chi connectivity index (χ0n) is 24.4. The van der Waals surface area contributed by atoms with Gasteiger partial charge >= 0.3 is 0 Å². The van der Waals surface area contributed by atoms with Gasteiger partial charge in [0.15, 0.2) is 5.58 Å². The Balaban J connectivity index is 1.23. The van der Waals surface area contributed by atoms with Crippen molar-refractivity contribution in [1.29, 1.82) is 0 Å². The molecule has 0 aliphatic rings. The van der Waals surface area contributed by atoms with Gasteiger partial charge in [0.2, 0.25) is 0 Å². The van der Waals surface area contributed by atoms with Gasteiger partial charge in [-0.05, 0) is 64.7 Å². The first-order chi connectivity index (χ1) is 22.3. The Labute approximate surface area is 265 Å². The number of rotatable bonds is 5. The molecular formula is C42H27NOS. The number of thiophene rings is 1. The molecule has 0 unspecified atom stereocenters. The maximum Gasteiger partial charge on any atom is 0.153 e. The SMILES string of the molecule is c1ccc(-c2ccc(-c3ccc(N(c4ccccc4)c4cc5c6ccccc6oc5c5sc6ccccc6c45)cc3)cc2)cc1. The third-order valence-corrected chi connectivity index (χ3v) is 9.85. The third kappa shape index (κ3) is 4.32. The fourth-order valence-electron chi connectivity index (χ4n) is 6.52. The van der Waals surface area contributed by atoms with E-state index in [4.69, 9.17) is 4.42 Å². The van der Waals surface area contributed by atoms with Gasteiger partial charge in [-0.1, -0.05) is 121 Å². The average molecular weight is 594 g/mol. The van der Waals surface area contributed by atoms with Gasteiger partial charge in [-0.3, -0.25) is 0 Å². The van der Waals surface area contributed by atoms with E-state index in [1.54, 1.807) is 0 Å². The smallest absolute Gasteiger partial charge is 0.153 e. The number of hydrogen-bond acceptors (Lipinski definition) is 3. The van der Waals surface area contributed by atoms with Gasteiger partial charge in [0, 0.05) is 37.6 Å². The molecule has 2 nitrogen and oxygen atoms in total. The maximum atomic E-state index is 6.53. The lowest BCUT2D eigenvalue weighted by atomic mass is 10.00. The van der Waals surface area contributed by atoms with Gasteiger partial charge < -0.3 is 9.32 Å². The summed E-state index contributed by atoms with van der Waals surface area (Å²) in [4.78, 5) is 2.39. The predicted octanol–water partition coefficient (Wildman–Crippen LogP) is 12.8. The quantitative estimate of drug-likeness (QED) is 0.197. The fraction of sp³-hybridized carbons (Fsp3) is 0. The Morgan fingerprint density at radius 2 is 0.978 bits per heavy atom. The summed E-state index contributed by atoms with van der Waals surface area (Å²) in [6.07, 6.45) is 0. The lowest BCUT2D eigenvalue weighted by molar-refractivity contribution is 0.673. The van der Waals surface area contributed by atoms with Crippen LogP contribution in [0.25, 0.3) is 64.4 Å². The Kier molecular flexibility index (Phi) is 6.03. The summed E-state index contributed by atoms with van der Waals surface area (Å²) in [5, 5.41) is 4.73. The van der Waals surface area contributed by atoms with Crippen LogP contribution in [0.4, 0.5) is 17.1 Å². The minimum absolute atomic E-state index is 0.914. The lowest BCUT2D eigenvalue weighted by Crippen LogP contribution is -2.10. The normalized spacial score (nSPS) is 11.6. The van der Waals surface area contributed by atoms with Crippen molar-refractivity contribution in [2.45, 2.75) is 0 Å². The molecule has 2 heterocycles. The average Bonchev–Trinajstić information content (AvgIpc) is 3.69. The van der Waals surface area contributed by atoms with E-state index in [2.05, 4.69) is 163 Å². The van der Waals surface area contributed by atoms with Crippen LogP contribution >= 0.6 is 11.3 Å². The van der Waals surface area contributed by atoms with E-state index in [9.17, 15) is 0 Å². The first-order valence-corrected chi connectivity index (χ1v) is 16.0. The lowest BCUT2D eigenvalue weighted by Gasteiger charge is -2.27. The van der Waals surface area contributed by atoms with Crippen LogP contribution < -0.4 is 4.90 Å². The van der Waals surface area contributed by atoms with Crippen LogP contribution in [0.2, 0.25) is 0 Å². The van der Waals surface area contributed by atoms with E-state index in [-0.39, 0.29) is 0 Å². The number of fused-ring (bicyclic) bond motifs is 7. The number of furan rings is 1. The molecule has 0 atom stereocenters.